The molecular formula is C18H22N2O3. The maximum atomic E-state index is 12.9. The summed E-state index contributed by atoms with van der Waals surface area (Å²) in [7, 11) is 0. The van der Waals surface area contributed by atoms with Crippen LogP contribution in [-0.2, 0) is 10.2 Å². The van der Waals surface area contributed by atoms with Gasteiger partial charge in [-0.25, -0.2) is 0 Å². The number of benzene rings is 1. The third-order valence-corrected chi connectivity index (χ3v) is 4.86. The Morgan fingerprint density at radius 2 is 2.04 bits per heavy atom. The van der Waals surface area contributed by atoms with Crippen molar-refractivity contribution in [3.8, 4) is 17.6 Å². The van der Waals surface area contributed by atoms with E-state index in [1.165, 1.54) is 0 Å². The lowest BCUT2D eigenvalue weighted by molar-refractivity contribution is -0.128. The van der Waals surface area contributed by atoms with Gasteiger partial charge >= 0.3 is 0 Å². The highest BCUT2D eigenvalue weighted by Crippen LogP contribution is 2.43. The van der Waals surface area contributed by atoms with Crippen LogP contribution in [0.25, 0.3) is 0 Å². The fourth-order valence-corrected chi connectivity index (χ4v) is 3.46. The van der Waals surface area contributed by atoms with Gasteiger partial charge in [0.05, 0.1) is 17.4 Å². The van der Waals surface area contributed by atoms with Crippen LogP contribution in [0.2, 0.25) is 0 Å². The Morgan fingerprint density at radius 3 is 2.78 bits per heavy atom. The smallest absolute Gasteiger partial charge is 0.231 e. The maximum absolute atomic E-state index is 12.9. The van der Waals surface area contributed by atoms with Crippen molar-refractivity contribution in [2.75, 3.05) is 13.3 Å². The molecule has 1 aliphatic heterocycles. The minimum Gasteiger partial charge on any atom is -0.454 e. The highest BCUT2D eigenvalue weighted by Gasteiger charge is 2.41. The highest BCUT2D eigenvalue weighted by molar-refractivity contribution is 5.88. The number of fused-ring (bicyclic) bond motifs is 1. The first-order chi connectivity index (χ1) is 11.2. The van der Waals surface area contributed by atoms with Crippen molar-refractivity contribution < 1.29 is 14.3 Å². The van der Waals surface area contributed by atoms with Crippen LogP contribution >= 0.6 is 0 Å². The van der Waals surface area contributed by atoms with Crippen LogP contribution in [0.5, 0.6) is 11.5 Å². The van der Waals surface area contributed by atoms with Crippen molar-refractivity contribution in [1.82, 2.24) is 5.32 Å². The predicted molar refractivity (Wildman–Crippen MR) is 85.1 cm³/mol. The molecule has 1 aliphatic carbocycles. The zero-order valence-corrected chi connectivity index (χ0v) is 13.4. The minimum absolute atomic E-state index is 0.0261. The van der Waals surface area contributed by atoms with Gasteiger partial charge in [0.1, 0.15) is 0 Å². The molecule has 0 aromatic heterocycles. The fourth-order valence-electron chi connectivity index (χ4n) is 3.46. The molecule has 3 rings (SSSR count). The maximum Gasteiger partial charge on any atom is 0.231 e. The molecule has 1 saturated carbocycles. The van der Waals surface area contributed by atoms with E-state index in [-0.39, 0.29) is 18.6 Å². The van der Waals surface area contributed by atoms with Crippen LogP contribution in [0, 0.1) is 17.2 Å². The summed E-state index contributed by atoms with van der Waals surface area (Å²) in [5.41, 5.74) is 0.470. The first kappa shape index (κ1) is 15.7. The lowest BCUT2D eigenvalue weighted by Gasteiger charge is -2.36. The van der Waals surface area contributed by atoms with Gasteiger partial charge in [-0.05, 0) is 37.5 Å². The molecule has 5 nitrogen and oxygen atoms in total. The molecule has 0 radical (unpaired) electrons. The Morgan fingerprint density at radius 1 is 1.30 bits per heavy atom. The second kappa shape index (κ2) is 6.49. The van der Waals surface area contributed by atoms with Crippen LogP contribution in [0.1, 0.15) is 44.6 Å². The summed E-state index contributed by atoms with van der Waals surface area (Å²) in [4.78, 5) is 12.9. The van der Waals surface area contributed by atoms with E-state index in [0.29, 0.717) is 12.3 Å². The largest absolute Gasteiger partial charge is 0.454 e. The Balaban J connectivity index is 1.87. The molecule has 1 fully saturated rings. The number of nitrogens with zero attached hydrogens (tertiary/aromatic N) is 1. The van der Waals surface area contributed by atoms with Gasteiger partial charge in [0.15, 0.2) is 11.5 Å². The number of hydrogen-bond acceptors (Lipinski definition) is 4. The molecule has 1 unspecified atom stereocenters. The molecule has 1 amide bonds. The Labute approximate surface area is 136 Å². The molecule has 122 valence electrons. The van der Waals surface area contributed by atoms with Crippen LogP contribution in [-0.4, -0.2) is 19.2 Å². The number of amides is 1. The zero-order valence-electron chi connectivity index (χ0n) is 13.4. The van der Waals surface area contributed by atoms with Gasteiger partial charge < -0.3 is 14.8 Å². The molecule has 0 saturated heterocycles. The number of nitriles is 1. The van der Waals surface area contributed by atoms with Crippen molar-refractivity contribution in [2.45, 2.75) is 44.4 Å². The van der Waals surface area contributed by atoms with Crippen LogP contribution in [0.4, 0.5) is 0 Å². The van der Waals surface area contributed by atoms with Gasteiger partial charge in [-0.1, -0.05) is 25.3 Å². The summed E-state index contributed by atoms with van der Waals surface area (Å²) in [6, 6.07) is 7.97. The molecule has 0 bridgehead atoms. The van der Waals surface area contributed by atoms with Gasteiger partial charge in [-0.15, -0.1) is 0 Å². The monoisotopic (exact) mass is 314 g/mol. The van der Waals surface area contributed by atoms with Crippen LogP contribution in [0.15, 0.2) is 18.2 Å². The Hall–Kier alpha value is -2.22. The highest BCUT2D eigenvalue weighted by atomic mass is 16.7. The van der Waals surface area contributed by atoms with Crippen molar-refractivity contribution in [2.24, 2.45) is 5.92 Å². The summed E-state index contributed by atoms with van der Waals surface area (Å²) < 4.78 is 10.8. The van der Waals surface area contributed by atoms with Crippen molar-refractivity contribution in [1.29, 1.82) is 5.26 Å². The summed E-state index contributed by atoms with van der Waals surface area (Å²) in [6.07, 6.45) is 4.90. The second-order valence-electron chi connectivity index (χ2n) is 6.45. The number of rotatable bonds is 4. The lowest BCUT2D eigenvalue weighted by Crippen LogP contribution is -2.46. The van der Waals surface area contributed by atoms with Crippen LogP contribution < -0.4 is 14.8 Å². The number of hydrogen-bond donors (Lipinski definition) is 1. The van der Waals surface area contributed by atoms with Gasteiger partial charge in [-0.2, -0.15) is 5.26 Å². The molecule has 1 aromatic carbocycles. The summed E-state index contributed by atoms with van der Waals surface area (Å²) in [5, 5.41) is 11.9. The van der Waals surface area contributed by atoms with Crippen molar-refractivity contribution >= 4 is 5.91 Å². The number of carbonyl (C=O) groups is 1. The van der Waals surface area contributed by atoms with E-state index < -0.39 is 5.41 Å². The van der Waals surface area contributed by atoms with Gasteiger partial charge in [0.2, 0.25) is 12.7 Å². The predicted octanol–water partition coefficient (Wildman–Crippen LogP) is 2.89. The van der Waals surface area contributed by atoms with E-state index >= 15 is 0 Å². The molecule has 1 aromatic rings. The molecule has 0 spiro atoms. The lowest BCUT2D eigenvalue weighted by atomic mass is 9.68. The zero-order chi connectivity index (χ0) is 16.3. The first-order valence-electron chi connectivity index (χ1n) is 8.24. The average molecular weight is 314 g/mol. The van der Waals surface area contributed by atoms with Gasteiger partial charge in [0, 0.05) is 6.54 Å². The molecule has 23 heavy (non-hydrogen) atoms. The topological polar surface area (TPSA) is 71.4 Å². The Bertz CT molecular complexity index is 630. The molecule has 1 atom stereocenters. The fraction of sp³-hybridized carbons (Fsp3) is 0.556. The van der Waals surface area contributed by atoms with E-state index in [0.717, 1.165) is 43.4 Å². The average Bonchev–Trinajstić information content (AvgIpc) is 3.07. The van der Waals surface area contributed by atoms with E-state index in [1.807, 2.05) is 25.1 Å². The third-order valence-electron chi connectivity index (χ3n) is 4.86. The minimum atomic E-state index is -0.519. The standard InChI is InChI=1S/C18H22N2O3/c1-13(10-19)11-20-17(21)18(7-3-2-4-8-18)14-5-6-15-16(9-14)23-12-22-15/h5-6,9,13H,2-4,7-8,11-12H2,1H3,(H,20,21). The summed E-state index contributed by atoms with van der Waals surface area (Å²) in [5.74, 6) is 1.29. The van der Waals surface area contributed by atoms with E-state index in [9.17, 15) is 4.79 Å². The molecule has 5 heteroatoms. The van der Waals surface area contributed by atoms with Crippen molar-refractivity contribution in [3.63, 3.8) is 0 Å². The first-order valence-corrected chi connectivity index (χ1v) is 8.24. The van der Waals surface area contributed by atoms with Crippen LogP contribution in [0.3, 0.4) is 0 Å². The third kappa shape index (κ3) is 2.98. The molecule has 2 aliphatic rings. The van der Waals surface area contributed by atoms with E-state index in [2.05, 4.69) is 11.4 Å². The summed E-state index contributed by atoms with van der Waals surface area (Å²) >= 11 is 0. The molecule has 1 heterocycles. The van der Waals surface area contributed by atoms with Gasteiger partial charge in [-0.3, -0.25) is 4.79 Å². The number of carbonyl (C=O) groups excluding carboxylic acids is 1. The summed E-state index contributed by atoms with van der Waals surface area (Å²) in [6.45, 7) is 2.44. The van der Waals surface area contributed by atoms with E-state index in [4.69, 9.17) is 14.7 Å². The SMILES string of the molecule is CC(C#N)CNC(=O)C1(c2ccc3c(c2)OCO3)CCCCC1. The number of ether oxygens (including phenoxy) is 2. The van der Waals surface area contributed by atoms with E-state index in [1.54, 1.807) is 0 Å². The number of nitrogens with one attached hydrogen (secondary N) is 1. The molecule has 1 N–H and O–H groups in total. The second-order valence-corrected chi connectivity index (χ2v) is 6.45. The van der Waals surface area contributed by atoms with Crippen molar-refractivity contribution in [3.05, 3.63) is 23.8 Å². The quantitative estimate of drug-likeness (QED) is 0.927. The molecular weight excluding hydrogens is 292 g/mol. The Kier molecular flexibility index (Phi) is 4.42. The van der Waals surface area contributed by atoms with Gasteiger partial charge in [0.25, 0.3) is 0 Å². The normalized spacial score (nSPS) is 19.7.